The highest BCUT2D eigenvalue weighted by Crippen LogP contribution is 2.42. The van der Waals surface area contributed by atoms with Crippen LogP contribution in [-0.4, -0.2) is 4.57 Å². The molecule has 0 amide bonds. The van der Waals surface area contributed by atoms with Gasteiger partial charge in [-0.2, -0.15) is 0 Å². The van der Waals surface area contributed by atoms with Gasteiger partial charge in [-0.3, -0.25) is 0 Å². The van der Waals surface area contributed by atoms with Crippen molar-refractivity contribution in [1.29, 1.82) is 0 Å². The Kier molecular flexibility index (Phi) is 6.92. The van der Waals surface area contributed by atoms with Crippen LogP contribution in [0.5, 0.6) is 0 Å². The van der Waals surface area contributed by atoms with Gasteiger partial charge in [0, 0.05) is 23.0 Å². The lowest BCUT2D eigenvalue weighted by atomic mass is 9.93. The van der Waals surface area contributed by atoms with Crippen molar-refractivity contribution in [3.05, 3.63) is 83.9 Å². The Labute approximate surface area is 187 Å². The third kappa shape index (κ3) is 4.46. The number of hydrogen-bond donors (Lipinski definition) is 0. The molecule has 1 heterocycles. The Bertz CT molecular complexity index is 1130. The summed E-state index contributed by atoms with van der Waals surface area (Å²) < 4.78 is 2.58. The van der Waals surface area contributed by atoms with Gasteiger partial charge in [0.15, 0.2) is 0 Å². The van der Waals surface area contributed by atoms with Crippen LogP contribution in [-0.2, 0) is 6.54 Å². The monoisotopic (exact) mass is 409 g/mol. The van der Waals surface area contributed by atoms with Crippen LogP contribution < -0.4 is 0 Å². The zero-order valence-corrected chi connectivity index (χ0v) is 19.3. The number of para-hydroxylation sites is 1. The summed E-state index contributed by atoms with van der Waals surface area (Å²) in [7, 11) is 0. The highest BCUT2D eigenvalue weighted by molar-refractivity contribution is 6.05. The molecule has 0 N–H and O–H groups in total. The number of aromatic nitrogens is 1. The van der Waals surface area contributed by atoms with Crippen molar-refractivity contribution in [2.24, 2.45) is 0 Å². The molecule has 0 saturated carbocycles. The molecule has 31 heavy (non-hydrogen) atoms. The van der Waals surface area contributed by atoms with Gasteiger partial charge in [0.25, 0.3) is 0 Å². The Hall–Kier alpha value is -2.80. The summed E-state index contributed by atoms with van der Waals surface area (Å²) >= 11 is 0. The molecular weight excluding hydrogens is 374 g/mol. The molecule has 0 unspecified atom stereocenters. The third-order valence-electron chi connectivity index (χ3n) is 6.63. The van der Waals surface area contributed by atoms with Gasteiger partial charge in [-0.25, -0.2) is 0 Å². The number of aryl methyl sites for hydroxylation is 2. The minimum atomic E-state index is 1.07. The van der Waals surface area contributed by atoms with Gasteiger partial charge in [-0.05, 0) is 48.6 Å². The lowest BCUT2D eigenvalue weighted by molar-refractivity contribution is 0.567. The lowest BCUT2D eigenvalue weighted by Gasteiger charge is -2.15. The van der Waals surface area contributed by atoms with Gasteiger partial charge in [0.05, 0.1) is 5.69 Å². The first-order valence-corrected chi connectivity index (χ1v) is 12.0. The molecule has 0 fully saturated rings. The summed E-state index contributed by atoms with van der Waals surface area (Å²) in [5.41, 5.74) is 9.49. The van der Waals surface area contributed by atoms with Crippen LogP contribution in [0.4, 0.5) is 0 Å². The summed E-state index contributed by atoms with van der Waals surface area (Å²) in [5.74, 6) is 0. The van der Waals surface area contributed by atoms with Crippen LogP contribution in [0, 0.1) is 13.8 Å². The van der Waals surface area contributed by atoms with Gasteiger partial charge in [-0.15, -0.1) is 0 Å². The van der Waals surface area contributed by atoms with Crippen molar-refractivity contribution in [3.8, 4) is 22.4 Å². The van der Waals surface area contributed by atoms with Gasteiger partial charge < -0.3 is 4.57 Å². The van der Waals surface area contributed by atoms with Crippen molar-refractivity contribution in [1.82, 2.24) is 4.57 Å². The van der Waals surface area contributed by atoms with E-state index in [-0.39, 0.29) is 0 Å². The van der Waals surface area contributed by atoms with E-state index in [9.17, 15) is 0 Å². The number of benzene rings is 3. The molecule has 0 bridgehead atoms. The Morgan fingerprint density at radius 1 is 0.677 bits per heavy atom. The standard InChI is InChI=1S/C30H35N/c1-4-5-6-7-8-14-22-31-28-21-13-12-19-27(28)29(26-20-15-16-23(2)24(26)3)30(31)25-17-10-9-11-18-25/h9-13,15-21H,4-8,14,22H2,1-3H3. The summed E-state index contributed by atoms with van der Waals surface area (Å²) in [6.45, 7) is 7.84. The maximum absolute atomic E-state index is 2.58. The van der Waals surface area contributed by atoms with Crippen molar-refractivity contribution < 1.29 is 0 Å². The average molecular weight is 410 g/mol. The van der Waals surface area contributed by atoms with Crippen LogP contribution in [0.25, 0.3) is 33.3 Å². The smallest absolute Gasteiger partial charge is 0.0571 e. The molecule has 160 valence electrons. The predicted molar refractivity (Wildman–Crippen MR) is 136 cm³/mol. The van der Waals surface area contributed by atoms with Gasteiger partial charge in [0.2, 0.25) is 0 Å². The molecule has 3 aromatic carbocycles. The third-order valence-corrected chi connectivity index (χ3v) is 6.63. The number of unbranched alkanes of at least 4 members (excludes halogenated alkanes) is 5. The van der Waals surface area contributed by atoms with E-state index < -0.39 is 0 Å². The van der Waals surface area contributed by atoms with Crippen molar-refractivity contribution in [2.45, 2.75) is 65.8 Å². The van der Waals surface area contributed by atoms with E-state index in [1.54, 1.807) is 0 Å². The molecule has 1 heteroatoms. The average Bonchev–Trinajstić information content (AvgIpc) is 3.13. The van der Waals surface area contributed by atoms with Crippen LogP contribution >= 0.6 is 0 Å². The van der Waals surface area contributed by atoms with Crippen molar-refractivity contribution >= 4 is 10.9 Å². The molecule has 0 atom stereocenters. The van der Waals surface area contributed by atoms with E-state index in [4.69, 9.17) is 0 Å². The molecular formula is C30H35N. The van der Waals surface area contributed by atoms with Gasteiger partial charge in [-0.1, -0.05) is 106 Å². The fraction of sp³-hybridized carbons (Fsp3) is 0.333. The minimum Gasteiger partial charge on any atom is -0.340 e. The maximum atomic E-state index is 2.58. The largest absolute Gasteiger partial charge is 0.340 e. The van der Waals surface area contributed by atoms with Crippen molar-refractivity contribution in [3.63, 3.8) is 0 Å². The molecule has 0 radical (unpaired) electrons. The molecule has 4 rings (SSSR count). The molecule has 1 aromatic heterocycles. The number of hydrogen-bond acceptors (Lipinski definition) is 0. The van der Waals surface area contributed by atoms with E-state index in [1.165, 1.54) is 82.9 Å². The predicted octanol–water partition coefficient (Wildman–Crippen LogP) is 8.95. The quantitative estimate of drug-likeness (QED) is 0.243. The summed E-state index contributed by atoms with van der Waals surface area (Å²) in [4.78, 5) is 0. The van der Waals surface area contributed by atoms with Crippen LogP contribution in [0.15, 0.2) is 72.8 Å². The van der Waals surface area contributed by atoms with Crippen LogP contribution in [0.3, 0.4) is 0 Å². The first-order chi connectivity index (χ1) is 15.2. The Morgan fingerprint density at radius 3 is 2.19 bits per heavy atom. The second-order valence-electron chi connectivity index (χ2n) is 8.77. The molecule has 0 aliphatic carbocycles. The normalized spacial score (nSPS) is 11.3. The van der Waals surface area contributed by atoms with E-state index in [0.29, 0.717) is 0 Å². The zero-order valence-electron chi connectivity index (χ0n) is 19.3. The zero-order chi connectivity index (χ0) is 21.6. The Balaban J connectivity index is 1.85. The van der Waals surface area contributed by atoms with E-state index in [1.807, 2.05) is 0 Å². The Morgan fingerprint density at radius 2 is 1.39 bits per heavy atom. The second kappa shape index (κ2) is 10.0. The van der Waals surface area contributed by atoms with Crippen LogP contribution in [0.2, 0.25) is 0 Å². The SMILES string of the molecule is CCCCCCCCn1c(-c2ccccc2)c(-c2cccc(C)c2C)c2ccccc21. The summed E-state index contributed by atoms with van der Waals surface area (Å²) in [5, 5.41) is 1.36. The molecule has 1 nitrogen and oxygen atoms in total. The summed E-state index contributed by atoms with van der Waals surface area (Å²) in [6.07, 6.45) is 7.91. The van der Waals surface area contributed by atoms with E-state index in [2.05, 4.69) is 98.1 Å². The van der Waals surface area contributed by atoms with E-state index in [0.717, 1.165) is 6.54 Å². The molecule has 0 aliphatic heterocycles. The maximum Gasteiger partial charge on any atom is 0.0571 e. The first-order valence-electron chi connectivity index (χ1n) is 12.0. The molecule has 0 spiro atoms. The fourth-order valence-electron chi connectivity index (χ4n) is 4.78. The van der Waals surface area contributed by atoms with Crippen molar-refractivity contribution in [2.75, 3.05) is 0 Å². The highest BCUT2D eigenvalue weighted by atomic mass is 15.0. The summed E-state index contributed by atoms with van der Waals surface area (Å²) in [6, 6.07) is 26.6. The lowest BCUT2D eigenvalue weighted by Crippen LogP contribution is -2.01. The van der Waals surface area contributed by atoms with Gasteiger partial charge in [0.1, 0.15) is 0 Å². The number of fused-ring (bicyclic) bond motifs is 1. The second-order valence-corrected chi connectivity index (χ2v) is 8.77. The van der Waals surface area contributed by atoms with E-state index >= 15 is 0 Å². The topological polar surface area (TPSA) is 4.93 Å². The molecule has 0 saturated heterocycles. The molecule has 0 aliphatic rings. The fourth-order valence-corrected chi connectivity index (χ4v) is 4.78. The number of rotatable bonds is 9. The van der Waals surface area contributed by atoms with Gasteiger partial charge >= 0.3 is 0 Å². The minimum absolute atomic E-state index is 1.07. The highest BCUT2D eigenvalue weighted by Gasteiger charge is 2.21. The number of nitrogens with zero attached hydrogens (tertiary/aromatic N) is 1. The van der Waals surface area contributed by atoms with Crippen LogP contribution in [0.1, 0.15) is 56.6 Å². The molecule has 4 aromatic rings. The first kappa shape index (κ1) is 21.4.